The number of allylic oxidation sites excluding steroid dienone is 1. The molecule has 0 saturated carbocycles. The SMILES string of the molecule is COC1(Cc2nn(Cc3ccccc3)c3ccccc23)C(=O)C=CC(c2cccnc2)C1=O. The molecule has 0 amide bonds. The minimum absolute atomic E-state index is 0.0601. The Morgan fingerprint density at radius 1 is 1.00 bits per heavy atom. The van der Waals surface area contributed by atoms with Crippen molar-refractivity contribution in [1.29, 1.82) is 0 Å². The first-order valence-corrected chi connectivity index (χ1v) is 10.8. The molecule has 2 atom stereocenters. The standard InChI is InChI=1S/C27H23N3O3/c1-33-27(25(31)14-13-21(26(27)32)20-10-7-15-28-17-20)16-23-22-11-5-6-12-24(22)30(29-23)18-19-8-3-2-4-9-19/h2-15,17,21H,16,18H2,1H3. The molecule has 0 radical (unpaired) electrons. The Balaban J connectivity index is 1.56. The smallest absolute Gasteiger partial charge is 0.195 e. The number of ketones is 2. The van der Waals surface area contributed by atoms with Gasteiger partial charge in [-0.2, -0.15) is 5.10 Å². The summed E-state index contributed by atoms with van der Waals surface area (Å²) in [6.45, 7) is 0.585. The van der Waals surface area contributed by atoms with Crippen LogP contribution in [-0.4, -0.2) is 39.0 Å². The Hall–Kier alpha value is -3.90. The van der Waals surface area contributed by atoms with Crippen LogP contribution in [0.5, 0.6) is 0 Å². The highest BCUT2D eigenvalue weighted by Crippen LogP contribution is 2.35. The monoisotopic (exact) mass is 437 g/mol. The molecule has 2 heterocycles. The zero-order chi connectivity index (χ0) is 22.8. The molecule has 0 N–H and O–H groups in total. The first-order valence-electron chi connectivity index (χ1n) is 10.8. The van der Waals surface area contributed by atoms with Crippen molar-refractivity contribution in [1.82, 2.24) is 14.8 Å². The highest BCUT2D eigenvalue weighted by atomic mass is 16.5. The number of pyridine rings is 1. The second-order valence-corrected chi connectivity index (χ2v) is 8.17. The van der Waals surface area contributed by atoms with Gasteiger partial charge in [0.2, 0.25) is 0 Å². The summed E-state index contributed by atoms with van der Waals surface area (Å²) in [7, 11) is 1.42. The van der Waals surface area contributed by atoms with Gasteiger partial charge in [0.15, 0.2) is 17.2 Å². The Morgan fingerprint density at radius 3 is 2.55 bits per heavy atom. The number of fused-ring (bicyclic) bond motifs is 1. The van der Waals surface area contributed by atoms with Gasteiger partial charge in [-0.1, -0.05) is 60.7 Å². The summed E-state index contributed by atoms with van der Waals surface area (Å²) >= 11 is 0. The maximum Gasteiger partial charge on any atom is 0.195 e. The molecular weight excluding hydrogens is 414 g/mol. The van der Waals surface area contributed by atoms with Crippen molar-refractivity contribution in [2.24, 2.45) is 0 Å². The van der Waals surface area contributed by atoms with Crippen LogP contribution in [0.25, 0.3) is 10.9 Å². The lowest BCUT2D eigenvalue weighted by molar-refractivity contribution is -0.153. The van der Waals surface area contributed by atoms with Crippen molar-refractivity contribution in [3.05, 3.63) is 108 Å². The minimum atomic E-state index is -1.63. The van der Waals surface area contributed by atoms with E-state index in [2.05, 4.69) is 4.98 Å². The van der Waals surface area contributed by atoms with E-state index in [1.54, 1.807) is 24.5 Å². The van der Waals surface area contributed by atoms with E-state index in [9.17, 15) is 9.59 Å². The molecular formula is C27H23N3O3. The molecule has 1 aliphatic rings. The van der Waals surface area contributed by atoms with E-state index in [0.717, 1.165) is 22.0 Å². The van der Waals surface area contributed by atoms with Crippen molar-refractivity contribution in [3.8, 4) is 0 Å². The van der Waals surface area contributed by atoms with Gasteiger partial charge in [0.25, 0.3) is 0 Å². The number of Topliss-reactive ketones (excluding diaryl/α,β-unsaturated/α-hetero) is 1. The predicted molar refractivity (Wildman–Crippen MR) is 125 cm³/mol. The van der Waals surface area contributed by atoms with Crippen LogP contribution in [0.15, 0.2) is 91.3 Å². The Labute approximate surface area is 191 Å². The summed E-state index contributed by atoms with van der Waals surface area (Å²) in [6, 6.07) is 21.5. The molecule has 2 aromatic heterocycles. The average molecular weight is 437 g/mol. The van der Waals surface area contributed by atoms with Crippen LogP contribution >= 0.6 is 0 Å². The van der Waals surface area contributed by atoms with Crippen molar-refractivity contribution in [2.75, 3.05) is 7.11 Å². The molecule has 6 heteroatoms. The number of carbonyl (C=O) groups excluding carboxylic acids is 2. The summed E-state index contributed by atoms with van der Waals surface area (Å²) in [4.78, 5) is 30.9. The molecule has 4 aromatic rings. The summed E-state index contributed by atoms with van der Waals surface area (Å²) in [5.74, 6) is -1.27. The molecule has 0 bridgehead atoms. The van der Waals surface area contributed by atoms with Gasteiger partial charge >= 0.3 is 0 Å². The van der Waals surface area contributed by atoms with Gasteiger partial charge in [-0.05, 0) is 29.3 Å². The van der Waals surface area contributed by atoms with Crippen LogP contribution in [-0.2, 0) is 27.3 Å². The van der Waals surface area contributed by atoms with Crippen LogP contribution in [0.1, 0.15) is 22.7 Å². The number of ether oxygens (including phenoxy) is 1. The average Bonchev–Trinajstić information content (AvgIpc) is 3.20. The number of aromatic nitrogens is 3. The molecule has 1 aliphatic carbocycles. The summed E-state index contributed by atoms with van der Waals surface area (Å²) in [5.41, 5.74) is 1.81. The van der Waals surface area contributed by atoms with E-state index in [-0.39, 0.29) is 18.0 Å². The molecule has 0 fully saturated rings. The Bertz CT molecular complexity index is 1350. The molecule has 0 aliphatic heterocycles. The van der Waals surface area contributed by atoms with E-state index in [0.29, 0.717) is 12.2 Å². The van der Waals surface area contributed by atoms with Crippen LogP contribution in [0.4, 0.5) is 0 Å². The lowest BCUT2D eigenvalue weighted by Gasteiger charge is -2.33. The van der Waals surface area contributed by atoms with Gasteiger partial charge < -0.3 is 4.74 Å². The van der Waals surface area contributed by atoms with Gasteiger partial charge in [0, 0.05) is 31.3 Å². The van der Waals surface area contributed by atoms with Gasteiger partial charge in [-0.15, -0.1) is 0 Å². The number of nitrogens with zero attached hydrogens (tertiary/aromatic N) is 3. The van der Waals surface area contributed by atoms with Crippen LogP contribution in [0, 0.1) is 0 Å². The molecule has 0 saturated heterocycles. The Morgan fingerprint density at radius 2 is 1.79 bits per heavy atom. The highest BCUT2D eigenvalue weighted by molar-refractivity contribution is 6.20. The fraction of sp³-hybridized carbons (Fsp3) is 0.185. The molecule has 164 valence electrons. The number of rotatable bonds is 6. The second-order valence-electron chi connectivity index (χ2n) is 8.17. The van der Waals surface area contributed by atoms with E-state index in [4.69, 9.17) is 9.84 Å². The number of para-hydroxylation sites is 1. The van der Waals surface area contributed by atoms with Crippen molar-refractivity contribution < 1.29 is 14.3 Å². The molecule has 2 aromatic carbocycles. The van der Waals surface area contributed by atoms with Crippen molar-refractivity contribution in [3.63, 3.8) is 0 Å². The number of benzene rings is 2. The van der Waals surface area contributed by atoms with Crippen molar-refractivity contribution in [2.45, 2.75) is 24.5 Å². The topological polar surface area (TPSA) is 74.1 Å². The third kappa shape index (κ3) is 3.68. The van der Waals surface area contributed by atoms with Crippen LogP contribution in [0.3, 0.4) is 0 Å². The predicted octanol–water partition coefficient (Wildman–Crippen LogP) is 3.90. The zero-order valence-electron chi connectivity index (χ0n) is 18.2. The number of methoxy groups -OCH3 is 1. The third-order valence-electron chi connectivity index (χ3n) is 6.24. The van der Waals surface area contributed by atoms with E-state index >= 15 is 0 Å². The summed E-state index contributed by atoms with van der Waals surface area (Å²) in [6.07, 6.45) is 6.44. The van der Waals surface area contributed by atoms with Gasteiger partial charge in [0.1, 0.15) is 0 Å². The third-order valence-corrected chi connectivity index (χ3v) is 6.24. The highest BCUT2D eigenvalue weighted by Gasteiger charge is 2.50. The Kier molecular flexibility index (Phi) is 5.44. The zero-order valence-corrected chi connectivity index (χ0v) is 18.2. The fourth-order valence-electron chi connectivity index (χ4n) is 4.49. The lowest BCUT2D eigenvalue weighted by Crippen LogP contribution is -2.53. The molecule has 6 nitrogen and oxygen atoms in total. The number of hydrogen-bond acceptors (Lipinski definition) is 5. The van der Waals surface area contributed by atoms with Crippen LogP contribution in [0.2, 0.25) is 0 Å². The van der Waals surface area contributed by atoms with Gasteiger partial charge in [-0.25, -0.2) is 0 Å². The largest absolute Gasteiger partial charge is 0.362 e. The molecule has 5 rings (SSSR count). The van der Waals surface area contributed by atoms with Gasteiger partial charge in [0.05, 0.1) is 23.7 Å². The normalized spacial score (nSPS) is 20.5. The van der Waals surface area contributed by atoms with E-state index < -0.39 is 11.5 Å². The molecule has 33 heavy (non-hydrogen) atoms. The molecule has 2 unspecified atom stereocenters. The van der Waals surface area contributed by atoms with Crippen molar-refractivity contribution >= 4 is 22.5 Å². The van der Waals surface area contributed by atoms with E-state index in [1.165, 1.54) is 13.2 Å². The number of hydrogen-bond donors (Lipinski definition) is 0. The quantitative estimate of drug-likeness (QED) is 0.428. The first-order chi connectivity index (χ1) is 16.1. The van der Waals surface area contributed by atoms with E-state index in [1.807, 2.05) is 65.3 Å². The summed E-state index contributed by atoms with van der Waals surface area (Å²) in [5, 5.41) is 5.74. The maximum atomic E-state index is 13.7. The summed E-state index contributed by atoms with van der Waals surface area (Å²) < 4.78 is 7.63. The van der Waals surface area contributed by atoms with Gasteiger partial charge in [-0.3, -0.25) is 19.3 Å². The molecule has 0 spiro atoms. The lowest BCUT2D eigenvalue weighted by atomic mass is 9.75. The fourth-order valence-corrected chi connectivity index (χ4v) is 4.49. The minimum Gasteiger partial charge on any atom is -0.362 e. The first kappa shape index (κ1) is 21.0. The second kappa shape index (κ2) is 8.56. The van der Waals surface area contributed by atoms with Crippen LogP contribution < -0.4 is 0 Å². The number of carbonyl (C=O) groups is 2. The maximum absolute atomic E-state index is 13.7.